The van der Waals surface area contributed by atoms with Gasteiger partial charge in [0.1, 0.15) is 5.70 Å². The van der Waals surface area contributed by atoms with E-state index in [1.54, 1.807) is 31.2 Å². The van der Waals surface area contributed by atoms with Crippen molar-refractivity contribution in [2.45, 2.75) is 27.7 Å². The maximum Gasteiger partial charge on any atom is 0.278 e. The first kappa shape index (κ1) is 19.4. The molecule has 1 heterocycles. The molecule has 1 aliphatic heterocycles. The third kappa shape index (κ3) is 3.67. The van der Waals surface area contributed by atoms with E-state index in [1.165, 1.54) is 11.8 Å². The van der Waals surface area contributed by atoms with Crippen LogP contribution in [0.25, 0.3) is 5.57 Å². The zero-order valence-corrected chi connectivity index (χ0v) is 16.4. The number of likely N-dealkylation sites (N-methyl/N-ethyl adjacent to an activating group) is 1. The summed E-state index contributed by atoms with van der Waals surface area (Å²) in [6, 6.07) is 12.8. The van der Waals surface area contributed by atoms with E-state index in [9.17, 15) is 14.4 Å². The molecular formula is C22H23N3O3. The number of hydrogen-bond donors (Lipinski definition) is 2. The van der Waals surface area contributed by atoms with Crippen molar-refractivity contribution in [3.05, 3.63) is 64.9 Å². The van der Waals surface area contributed by atoms with Gasteiger partial charge in [-0.3, -0.25) is 19.3 Å². The van der Waals surface area contributed by atoms with Crippen LogP contribution in [0.3, 0.4) is 0 Å². The molecule has 1 aliphatic rings. The van der Waals surface area contributed by atoms with E-state index in [1.807, 2.05) is 32.0 Å². The molecule has 2 aromatic carbocycles. The maximum atomic E-state index is 12.9. The summed E-state index contributed by atoms with van der Waals surface area (Å²) in [5.41, 5.74) is 4.75. The van der Waals surface area contributed by atoms with Crippen LogP contribution in [0.2, 0.25) is 0 Å². The molecule has 0 saturated carbocycles. The lowest BCUT2D eigenvalue weighted by Gasteiger charge is -2.12. The minimum absolute atomic E-state index is 0.157. The minimum atomic E-state index is -0.339. The highest BCUT2D eigenvalue weighted by Gasteiger charge is 2.38. The predicted molar refractivity (Wildman–Crippen MR) is 110 cm³/mol. The van der Waals surface area contributed by atoms with Gasteiger partial charge in [-0.15, -0.1) is 0 Å². The molecule has 0 radical (unpaired) electrons. The van der Waals surface area contributed by atoms with Crippen molar-refractivity contribution in [1.29, 1.82) is 0 Å². The van der Waals surface area contributed by atoms with Gasteiger partial charge in [0.05, 0.1) is 5.57 Å². The number of nitrogens with one attached hydrogen (secondary N) is 2. The van der Waals surface area contributed by atoms with Gasteiger partial charge < -0.3 is 10.6 Å². The molecule has 3 amide bonds. The van der Waals surface area contributed by atoms with Crippen LogP contribution in [0.1, 0.15) is 30.5 Å². The molecule has 0 aromatic heterocycles. The van der Waals surface area contributed by atoms with Crippen LogP contribution in [0.5, 0.6) is 0 Å². The molecular weight excluding hydrogens is 354 g/mol. The van der Waals surface area contributed by atoms with Crippen LogP contribution in [0.15, 0.2) is 48.2 Å². The van der Waals surface area contributed by atoms with E-state index in [2.05, 4.69) is 10.6 Å². The molecule has 144 valence electrons. The van der Waals surface area contributed by atoms with Gasteiger partial charge in [0.25, 0.3) is 11.8 Å². The van der Waals surface area contributed by atoms with Gasteiger partial charge >= 0.3 is 0 Å². The lowest BCUT2D eigenvalue weighted by molar-refractivity contribution is -0.136. The molecule has 0 bridgehead atoms. The Labute approximate surface area is 164 Å². The lowest BCUT2D eigenvalue weighted by Crippen LogP contribution is -2.32. The molecule has 2 N–H and O–H groups in total. The van der Waals surface area contributed by atoms with Gasteiger partial charge in [0, 0.05) is 24.8 Å². The normalized spacial score (nSPS) is 13.9. The minimum Gasteiger partial charge on any atom is -0.350 e. The topological polar surface area (TPSA) is 78.5 Å². The van der Waals surface area contributed by atoms with Gasteiger partial charge in [-0.25, -0.2) is 0 Å². The van der Waals surface area contributed by atoms with Crippen molar-refractivity contribution in [2.75, 3.05) is 17.2 Å². The van der Waals surface area contributed by atoms with Crippen molar-refractivity contribution in [3.63, 3.8) is 0 Å². The van der Waals surface area contributed by atoms with Gasteiger partial charge in [-0.05, 0) is 56.2 Å². The summed E-state index contributed by atoms with van der Waals surface area (Å²) in [5, 5.41) is 5.81. The summed E-state index contributed by atoms with van der Waals surface area (Å²) in [6.07, 6.45) is 0. The zero-order chi connectivity index (χ0) is 20.4. The van der Waals surface area contributed by atoms with E-state index in [0.29, 0.717) is 23.5 Å². The summed E-state index contributed by atoms with van der Waals surface area (Å²) in [5.74, 6) is -0.791. The van der Waals surface area contributed by atoms with Crippen molar-refractivity contribution >= 4 is 34.7 Å². The number of hydrogen-bond acceptors (Lipinski definition) is 4. The average Bonchev–Trinajstić information content (AvgIpc) is 2.86. The molecule has 6 nitrogen and oxygen atoms in total. The Kier molecular flexibility index (Phi) is 5.31. The third-order valence-corrected chi connectivity index (χ3v) is 4.61. The molecule has 0 spiro atoms. The van der Waals surface area contributed by atoms with Crippen molar-refractivity contribution in [1.82, 2.24) is 4.90 Å². The predicted octanol–water partition coefficient (Wildman–Crippen LogP) is 3.47. The molecule has 0 unspecified atom stereocenters. The molecule has 0 saturated heterocycles. The smallest absolute Gasteiger partial charge is 0.278 e. The second-order valence-electron chi connectivity index (χ2n) is 6.81. The van der Waals surface area contributed by atoms with E-state index in [0.717, 1.165) is 16.7 Å². The number of nitrogens with zero attached hydrogens (tertiary/aromatic N) is 1. The lowest BCUT2D eigenvalue weighted by atomic mass is 9.97. The zero-order valence-electron chi connectivity index (χ0n) is 16.4. The van der Waals surface area contributed by atoms with Gasteiger partial charge in [0.2, 0.25) is 5.91 Å². The van der Waals surface area contributed by atoms with E-state index >= 15 is 0 Å². The Balaban J connectivity index is 2.02. The van der Waals surface area contributed by atoms with Crippen LogP contribution in [0.4, 0.5) is 11.4 Å². The largest absolute Gasteiger partial charge is 0.350 e. The standard InChI is InChI=1S/C22H23N3O3/c1-5-25-21(27)19(18-11-6-13(2)12-14(18)3)20(22(25)28)24-17-9-7-16(8-10-17)23-15(4)26/h6-12,24H,5H2,1-4H3,(H,23,26). The molecule has 28 heavy (non-hydrogen) atoms. The van der Waals surface area contributed by atoms with E-state index < -0.39 is 0 Å². The van der Waals surface area contributed by atoms with Crippen LogP contribution >= 0.6 is 0 Å². The molecule has 6 heteroatoms. The quantitative estimate of drug-likeness (QED) is 0.782. The van der Waals surface area contributed by atoms with E-state index in [-0.39, 0.29) is 23.4 Å². The van der Waals surface area contributed by atoms with Crippen LogP contribution < -0.4 is 10.6 Å². The van der Waals surface area contributed by atoms with Crippen LogP contribution in [-0.4, -0.2) is 29.2 Å². The fourth-order valence-corrected chi connectivity index (χ4v) is 3.31. The molecule has 0 aliphatic carbocycles. The Morgan fingerprint density at radius 1 is 0.964 bits per heavy atom. The highest BCUT2D eigenvalue weighted by molar-refractivity contribution is 6.36. The Hall–Kier alpha value is -3.41. The number of rotatable bonds is 5. The number of anilines is 2. The summed E-state index contributed by atoms with van der Waals surface area (Å²) in [6.45, 7) is 7.44. The number of aryl methyl sites for hydroxylation is 2. The van der Waals surface area contributed by atoms with Crippen molar-refractivity contribution in [2.24, 2.45) is 0 Å². The Morgan fingerprint density at radius 3 is 2.18 bits per heavy atom. The first-order valence-electron chi connectivity index (χ1n) is 9.14. The van der Waals surface area contributed by atoms with Crippen molar-refractivity contribution < 1.29 is 14.4 Å². The molecule has 2 aromatic rings. The van der Waals surface area contributed by atoms with Gasteiger partial charge in [0.15, 0.2) is 0 Å². The van der Waals surface area contributed by atoms with E-state index in [4.69, 9.17) is 0 Å². The average molecular weight is 377 g/mol. The Morgan fingerprint density at radius 2 is 1.61 bits per heavy atom. The maximum absolute atomic E-state index is 12.9. The number of carbonyl (C=O) groups is 3. The second-order valence-corrected chi connectivity index (χ2v) is 6.81. The molecule has 0 fully saturated rings. The second kappa shape index (κ2) is 7.68. The fourth-order valence-electron chi connectivity index (χ4n) is 3.31. The SMILES string of the molecule is CCN1C(=O)C(Nc2ccc(NC(C)=O)cc2)=C(c2ccc(C)cc2C)C1=O. The van der Waals surface area contributed by atoms with Gasteiger partial charge in [-0.1, -0.05) is 23.8 Å². The number of carbonyl (C=O) groups excluding carboxylic acids is 3. The summed E-state index contributed by atoms with van der Waals surface area (Å²) < 4.78 is 0. The first-order chi connectivity index (χ1) is 13.3. The number of benzene rings is 2. The number of amides is 3. The summed E-state index contributed by atoms with van der Waals surface area (Å²) >= 11 is 0. The first-order valence-corrected chi connectivity index (χ1v) is 9.14. The monoisotopic (exact) mass is 377 g/mol. The highest BCUT2D eigenvalue weighted by Crippen LogP contribution is 2.32. The van der Waals surface area contributed by atoms with Crippen molar-refractivity contribution in [3.8, 4) is 0 Å². The summed E-state index contributed by atoms with van der Waals surface area (Å²) in [7, 11) is 0. The molecule has 3 rings (SSSR count). The van der Waals surface area contributed by atoms with Gasteiger partial charge in [-0.2, -0.15) is 0 Å². The third-order valence-electron chi connectivity index (χ3n) is 4.61. The highest BCUT2D eigenvalue weighted by atomic mass is 16.2. The summed E-state index contributed by atoms with van der Waals surface area (Å²) in [4.78, 5) is 38.2. The fraction of sp³-hybridized carbons (Fsp3) is 0.227. The van der Waals surface area contributed by atoms with Crippen LogP contribution in [0, 0.1) is 13.8 Å². The molecule has 0 atom stereocenters. The Bertz CT molecular complexity index is 991. The van der Waals surface area contributed by atoms with Crippen LogP contribution in [-0.2, 0) is 14.4 Å². The number of imide groups is 1.